The molecule has 0 bridgehead atoms. The van der Waals surface area contributed by atoms with Gasteiger partial charge in [-0.2, -0.15) is 0 Å². The Hall–Kier alpha value is -2.84. The maximum atomic E-state index is 13.4. The van der Waals surface area contributed by atoms with E-state index in [1.54, 1.807) is 6.07 Å². The maximum Gasteiger partial charge on any atom is 0.197 e. The Morgan fingerprint density at radius 1 is 0.800 bits per heavy atom. The fraction of sp³-hybridized carbons (Fsp3) is 0.0455. The van der Waals surface area contributed by atoms with Crippen LogP contribution < -0.4 is 5.43 Å². The smallest absolute Gasteiger partial charge is 0.197 e. The molecule has 0 spiro atoms. The summed E-state index contributed by atoms with van der Waals surface area (Å²) in [5.74, 6) is 0. The molecule has 1 aromatic heterocycles. The van der Waals surface area contributed by atoms with Crippen LogP contribution in [-0.2, 0) is 7.05 Å². The molecular weight excluding hydrogens is 330 g/mol. The molecule has 0 radical (unpaired) electrons. The SMILES string of the molecule is Cn1c(-c2ccccc2)c(-c2ccccc2)c(=O)c2cc(Cl)ccc21. The second-order valence-electron chi connectivity index (χ2n) is 6.01. The highest BCUT2D eigenvalue weighted by Crippen LogP contribution is 2.32. The van der Waals surface area contributed by atoms with E-state index in [-0.39, 0.29) is 5.43 Å². The molecule has 1 heterocycles. The summed E-state index contributed by atoms with van der Waals surface area (Å²) in [6.45, 7) is 0. The summed E-state index contributed by atoms with van der Waals surface area (Å²) in [6, 6.07) is 25.3. The van der Waals surface area contributed by atoms with Crippen LogP contribution in [0.3, 0.4) is 0 Å². The molecule has 0 amide bonds. The van der Waals surface area contributed by atoms with Gasteiger partial charge >= 0.3 is 0 Å². The van der Waals surface area contributed by atoms with Gasteiger partial charge in [0.15, 0.2) is 5.43 Å². The summed E-state index contributed by atoms with van der Waals surface area (Å²) >= 11 is 6.15. The summed E-state index contributed by atoms with van der Waals surface area (Å²) in [6.07, 6.45) is 0. The number of hydrogen-bond donors (Lipinski definition) is 0. The topological polar surface area (TPSA) is 22.0 Å². The van der Waals surface area contributed by atoms with Crippen LogP contribution in [0.1, 0.15) is 0 Å². The number of halogens is 1. The van der Waals surface area contributed by atoms with Crippen LogP contribution in [0, 0.1) is 0 Å². The Morgan fingerprint density at radius 2 is 1.40 bits per heavy atom. The van der Waals surface area contributed by atoms with E-state index in [0.717, 1.165) is 22.3 Å². The Kier molecular flexibility index (Phi) is 3.90. The molecule has 0 saturated carbocycles. The van der Waals surface area contributed by atoms with Gasteiger partial charge in [-0.1, -0.05) is 72.3 Å². The summed E-state index contributed by atoms with van der Waals surface area (Å²) in [7, 11) is 1.99. The predicted molar refractivity (Wildman–Crippen MR) is 105 cm³/mol. The number of nitrogens with zero attached hydrogens (tertiary/aromatic N) is 1. The van der Waals surface area contributed by atoms with Crippen molar-refractivity contribution in [3.63, 3.8) is 0 Å². The van der Waals surface area contributed by atoms with Gasteiger partial charge in [0.25, 0.3) is 0 Å². The van der Waals surface area contributed by atoms with E-state index in [1.807, 2.05) is 79.8 Å². The van der Waals surface area contributed by atoms with Crippen LogP contribution in [0.25, 0.3) is 33.3 Å². The van der Waals surface area contributed by atoms with E-state index in [2.05, 4.69) is 4.57 Å². The van der Waals surface area contributed by atoms with Crippen molar-refractivity contribution in [2.45, 2.75) is 0 Å². The molecular formula is C22H16ClNO. The molecule has 0 N–H and O–H groups in total. The number of fused-ring (bicyclic) bond motifs is 1. The Balaban J connectivity index is 2.21. The molecule has 0 fully saturated rings. The van der Waals surface area contributed by atoms with Crippen LogP contribution in [0.4, 0.5) is 0 Å². The van der Waals surface area contributed by atoms with Crippen LogP contribution in [0.2, 0.25) is 5.02 Å². The van der Waals surface area contributed by atoms with Crippen LogP contribution in [-0.4, -0.2) is 4.57 Å². The predicted octanol–water partition coefficient (Wildman–Crippen LogP) is 5.53. The largest absolute Gasteiger partial charge is 0.343 e. The second kappa shape index (κ2) is 6.23. The molecule has 4 rings (SSSR count). The standard InChI is InChI=1S/C22H16ClNO/c1-24-19-13-12-17(23)14-18(19)22(25)20(15-8-4-2-5-9-15)21(24)16-10-6-3-7-11-16/h2-14H,1H3. The lowest BCUT2D eigenvalue weighted by Gasteiger charge is -2.18. The highest BCUT2D eigenvalue weighted by Gasteiger charge is 2.18. The Bertz CT molecular complexity index is 1120. The third kappa shape index (κ3) is 2.65. The monoisotopic (exact) mass is 345 g/mol. The number of aryl methyl sites for hydroxylation is 1. The first-order valence-corrected chi connectivity index (χ1v) is 8.47. The van der Waals surface area contributed by atoms with E-state index >= 15 is 0 Å². The molecule has 3 aromatic carbocycles. The minimum Gasteiger partial charge on any atom is -0.343 e. The van der Waals surface area contributed by atoms with Crippen molar-refractivity contribution in [2.75, 3.05) is 0 Å². The van der Waals surface area contributed by atoms with Gasteiger partial charge in [0.1, 0.15) is 0 Å². The minimum atomic E-state index is 0.000605. The molecule has 0 unspecified atom stereocenters. The molecule has 2 nitrogen and oxygen atoms in total. The summed E-state index contributed by atoms with van der Waals surface area (Å²) in [4.78, 5) is 13.4. The van der Waals surface area contributed by atoms with Gasteiger partial charge in [-0.05, 0) is 29.3 Å². The van der Waals surface area contributed by atoms with Gasteiger partial charge in [0.2, 0.25) is 0 Å². The quantitative estimate of drug-likeness (QED) is 0.468. The first-order chi connectivity index (χ1) is 12.2. The Labute approximate surface area is 150 Å². The molecule has 0 atom stereocenters. The van der Waals surface area contributed by atoms with Crippen LogP contribution >= 0.6 is 11.6 Å². The number of hydrogen-bond acceptors (Lipinski definition) is 1. The van der Waals surface area contributed by atoms with Gasteiger partial charge in [0, 0.05) is 17.5 Å². The van der Waals surface area contributed by atoms with Gasteiger partial charge in [0.05, 0.1) is 16.8 Å². The normalized spacial score (nSPS) is 11.0. The molecule has 0 saturated heterocycles. The molecule has 0 aliphatic heterocycles. The third-order valence-electron chi connectivity index (χ3n) is 4.47. The summed E-state index contributed by atoms with van der Waals surface area (Å²) in [5.41, 5.74) is 4.39. The minimum absolute atomic E-state index is 0.000605. The summed E-state index contributed by atoms with van der Waals surface area (Å²) in [5, 5.41) is 1.20. The van der Waals surface area contributed by atoms with Gasteiger partial charge in [-0.25, -0.2) is 0 Å². The zero-order chi connectivity index (χ0) is 17.4. The van der Waals surface area contributed by atoms with E-state index in [9.17, 15) is 4.79 Å². The van der Waals surface area contributed by atoms with Crippen molar-refractivity contribution in [1.82, 2.24) is 4.57 Å². The van der Waals surface area contributed by atoms with Crippen molar-refractivity contribution in [2.24, 2.45) is 7.05 Å². The zero-order valence-electron chi connectivity index (χ0n) is 13.7. The zero-order valence-corrected chi connectivity index (χ0v) is 14.5. The Morgan fingerprint density at radius 3 is 2.04 bits per heavy atom. The lowest BCUT2D eigenvalue weighted by molar-refractivity contribution is 0.962. The molecule has 25 heavy (non-hydrogen) atoms. The van der Waals surface area contributed by atoms with Gasteiger partial charge < -0.3 is 4.57 Å². The highest BCUT2D eigenvalue weighted by atomic mass is 35.5. The average molecular weight is 346 g/mol. The third-order valence-corrected chi connectivity index (χ3v) is 4.71. The van der Waals surface area contributed by atoms with Crippen molar-refractivity contribution in [3.8, 4) is 22.4 Å². The number of rotatable bonds is 2. The van der Waals surface area contributed by atoms with Crippen molar-refractivity contribution in [3.05, 3.63) is 94.1 Å². The van der Waals surface area contributed by atoms with E-state index in [1.165, 1.54) is 0 Å². The molecule has 122 valence electrons. The van der Waals surface area contributed by atoms with Gasteiger partial charge in [-0.15, -0.1) is 0 Å². The number of benzene rings is 3. The fourth-order valence-corrected chi connectivity index (χ4v) is 3.49. The maximum absolute atomic E-state index is 13.4. The van der Waals surface area contributed by atoms with Crippen molar-refractivity contribution >= 4 is 22.5 Å². The molecule has 0 aliphatic carbocycles. The van der Waals surface area contributed by atoms with Crippen LogP contribution in [0.15, 0.2) is 83.7 Å². The molecule has 3 heteroatoms. The fourth-order valence-electron chi connectivity index (χ4n) is 3.32. The number of pyridine rings is 1. The van der Waals surface area contributed by atoms with E-state index in [0.29, 0.717) is 16.0 Å². The molecule has 4 aromatic rings. The lowest BCUT2D eigenvalue weighted by Crippen LogP contribution is -2.14. The van der Waals surface area contributed by atoms with E-state index < -0.39 is 0 Å². The van der Waals surface area contributed by atoms with Crippen molar-refractivity contribution in [1.29, 1.82) is 0 Å². The first kappa shape index (κ1) is 15.7. The second-order valence-corrected chi connectivity index (χ2v) is 6.44. The van der Waals surface area contributed by atoms with Gasteiger partial charge in [-0.3, -0.25) is 4.79 Å². The first-order valence-electron chi connectivity index (χ1n) is 8.10. The summed E-state index contributed by atoms with van der Waals surface area (Å²) < 4.78 is 2.07. The lowest BCUT2D eigenvalue weighted by atomic mass is 9.96. The highest BCUT2D eigenvalue weighted by molar-refractivity contribution is 6.31. The number of aromatic nitrogens is 1. The van der Waals surface area contributed by atoms with Crippen molar-refractivity contribution < 1.29 is 0 Å². The van der Waals surface area contributed by atoms with E-state index in [4.69, 9.17) is 11.6 Å². The average Bonchev–Trinajstić information content (AvgIpc) is 2.65. The molecule has 0 aliphatic rings. The van der Waals surface area contributed by atoms with Crippen LogP contribution in [0.5, 0.6) is 0 Å².